The number of nitro groups is 1. The molecule has 1 aromatic carbocycles. The Balaban J connectivity index is 1.69. The Morgan fingerprint density at radius 1 is 1.29 bits per heavy atom. The third kappa shape index (κ3) is 2.81. The number of non-ortho nitro benzene ring substituents is 1. The summed E-state index contributed by atoms with van der Waals surface area (Å²) in [4.78, 5) is 10.5. The lowest BCUT2D eigenvalue weighted by molar-refractivity contribution is -0.385. The van der Waals surface area contributed by atoms with Gasteiger partial charge in [-0.3, -0.25) is 10.1 Å². The first kappa shape index (κ1) is 14.1. The smallest absolute Gasteiger partial charge is 0.273 e. The first-order valence-corrected chi connectivity index (χ1v) is 7.32. The van der Waals surface area contributed by atoms with Gasteiger partial charge in [0.2, 0.25) is 0 Å². The highest BCUT2D eigenvalue weighted by molar-refractivity contribution is 5.48. The van der Waals surface area contributed by atoms with Crippen molar-refractivity contribution in [3.63, 3.8) is 0 Å². The second-order valence-corrected chi connectivity index (χ2v) is 6.01. The van der Waals surface area contributed by atoms with Gasteiger partial charge in [0.05, 0.1) is 24.2 Å². The van der Waals surface area contributed by atoms with Crippen molar-refractivity contribution in [2.24, 2.45) is 5.41 Å². The molecule has 0 bridgehead atoms. The second kappa shape index (κ2) is 5.52. The summed E-state index contributed by atoms with van der Waals surface area (Å²) in [5.41, 5.74) is 0.508. The second-order valence-electron chi connectivity index (χ2n) is 6.01. The standard InChI is InChI=1S/C15H20N2O4/c1-20-13-3-2-11(17(18)19)8-14(13)21-12-4-6-15(7-5-12)9-16-10-15/h2-3,8,12,16H,4-7,9-10H2,1H3. The van der Waals surface area contributed by atoms with Crippen molar-refractivity contribution >= 4 is 5.69 Å². The number of benzene rings is 1. The van der Waals surface area contributed by atoms with E-state index in [2.05, 4.69) is 5.32 Å². The molecule has 2 fully saturated rings. The summed E-state index contributed by atoms with van der Waals surface area (Å²) < 4.78 is 11.2. The number of rotatable bonds is 4. The van der Waals surface area contributed by atoms with Crippen LogP contribution >= 0.6 is 0 Å². The van der Waals surface area contributed by atoms with E-state index < -0.39 is 4.92 Å². The molecule has 0 unspecified atom stereocenters. The molecule has 3 rings (SSSR count). The quantitative estimate of drug-likeness (QED) is 0.682. The van der Waals surface area contributed by atoms with Crippen LogP contribution in [0.25, 0.3) is 0 Å². The van der Waals surface area contributed by atoms with Gasteiger partial charge in [-0.05, 0) is 37.2 Å². The lowest BCUT2D eigenvalue weighted by Gasteiger charge is -2.47. The SMILES string of the molecule is COc1ccc([N+](=O)[O-])cc1OC1CCC2(CC1)CNC2. The number of methoxy groups -OCH3 is 1. The van der Waals surface area contributed by atoms with Crippen LogP contribution < -0.4 is 14.8 Å². The molecule has 6 nitrogen and oxygen atoms in total. The van der Waals surface area contributed by atoms with Gasteiger partial charge in [-0.25, -0.2) is 0 Å². The maximum absolute atomic E-state index is 10.9. The topological polar surface area (TPSA) is 73.6 Å². The average Bonchev–Trinajstić information content (AvgIpc) is 2.46. The molecule has 1 aliphatic carbocycles. The zero-order chi connectivity index (χ0) is 14.9. The minimum Gasteiger partial charge on any atom is -0.493 e. The normalized spacial score (nSPS) is 20.8. The van der Waals surface area contributed by atoms with E-state index in [1.807, 2.05) is 0 Å². The van der Waals surface area contributed by atoms with E-state index in [0.29, 0.717) is 16.9 Å². The first-order chi connectivity index (χ1) is 10.1. The van der Waals surface area contributed by atoms with Gasteiger partial charge >= 0.3 is 0 Å². The first-order valence-electron chi connectivity index (χ1n) is 7.32. The van der Waals surface area contributed by atoms with E-state index in [-0.39, 0.29) is 11.8 Å². The molecule has 1 saturated heterocycles. The molecule has 1 heterocycles. The van der Waals surface area contributed by atoms with Crippen LogP contribution in [0.4, 0.5) is 5.69 Å². The van der Waals surface area contributed by atoms with Crippen molar-refractivity contribution in [3.05, 3.63) is 28.3 Å². The molecule has 114 valence electrons. The summed E-state index contributed by atoms with van der Waals surface area (Å²) in [6, 6.07) is 4.48. The Hall–Kier alpha value is -1.82. The Bertz CT molecular complexity index is 532. The lowest BCUT2D eigenvalue weighted by Crippen LogP contribution is -2.55. The maximum atomic E-state index is 10.9. The van der Waals surface area contributed by atoms with E-state index in [9.17, 15) is 10.1 Å². The van der Waals surface area contributed by atoms with Gasteiger partial charge in [0.25, 0.3) is 5.69 Å². The maximum Gasteiger partial charge on any atom is 0.273 e. The molecule has 6 heteroatoms. The number of hydrogen-bond acceptors (Lipinski definition) is 5. The molecule has 1 aliphatic heterocycles. The van der Waals surface area contributed by atoms with Crippen LogP contribution in [-0.4, -0.2) is 31.2 Å². The van der Waals surface area contributed by atoms with E-state index in [1.54, 1.807) is 13.2 Å². The van der Waals surface area contributed by atoms with E-state index >= 15 is 0 Å². The number of nitrogens with one attached hydrogen (secondary N) is 1. The van der Waals surface area contributed by atoms with Crippen LogP contribution in [0.5, 0.6) is 11.5 Å². The summed E-state index contributed by atoms with van der Waals surface area (Å²) in [6.45, 7) is 2.22. The highest BCUT2D eigenvalue weighted by Gasteiger charge is 2.40. The molecule has 1 spiro atoms. The summed E-state index contributed by atoms with van der Waals surface area (Å²) in [6.07, 6.45) is 4.41. The zero-order valence-corrected chi connectivity index (χ0v) is 12.1. The summed E-state index contributed by atoms with van der Waals surface area (Å²) in [5.74, 6) is 1.02. The van der Waals surface area contributed by atoms with Gasteiger partial charge in [-0.2, -0.15) is 0 Å². The van der Waals surface area contributed by atoms with Gasteiger partial charge in [-0.1, -0.05) is 0 Å². The molecule has 1 N–H and O–H groups in total. The van der Waals surface area contributed by atoms with Crippen molar-refractivity contribution in [1.82, 2.24) is 5.32 Å². The number of nitro benzene ring substituents is 1. The Morgan fingerprint density at radius 3 is 2.52 bits per heavy atom. The average molecular weight is 292 g/mol. The Morgan fingerprint density at radius 2 is 2.00 bits per heavy atom. The largest absolute Gasteiger partial charge is 0.493 e. The fourth-order valence-electron chi connectivity index (χ4n) is 3.20. The fourth-order valence-corrected chi connectivity index (χ4v) is 3.20. The summed E-state index contributed by atoms with van der Waals surface area (Å²) in [7, 11) is 1.55. The molecule has 1 saturated carbocycles. The molecule has 2 aliphatic rings. The Labute approximate surface area is 123 Å². The van der Waals surface area contributed by atoms with E-state index in [1.165, 1.54) is 12.1 Å². The lowest BCUT2D eigenvalue weighted by atomic mass is 9.69. The van der Waals surface area contributed by atoms with Crippen molar-refractivity contribution in [1.29, 1.82) is 0 Å². The highest BCUT2D eigenvalue weighted by atomic mass is 16.6. The molecule has 0 aromatic heterocycles. The molecular weight excluding hydrogens is 272 g/mol. The minimum absolute atomic E-state index is 0.0290. The predicted octanol–water partition coefficient (Wildman–Crippen LogP) is 2.51. The monoisotopic (exact) mass is 292 g/mol. The van der Waals surface area contributed by atoms with Gasteiger partial charge in [-0.15, -0.1) is 0 Å². The van der Waals surface area contributed by atoms with Crippen LogP contribution in [0.1, 0.15) is 25.7 Å². The van der Waals surface area contributed by atoms with Gasteiger partial charge < -0.3 is 14.8 Å². The molecular formula is C15H20N2O4. The molecule has 1 aromatic rings. The van der Waals surface area contributed by atoms with Crippen LogP contribution in [0.15, 0.2) is 18.2 Å². The van der Waals surface area contributed by atoms with Crippen molar-refractivity contribution in [3.8, 4) is 11.5 Å². The van der Waals surface area contributed by atoms with Gasteiger partial charge in [0.1, 0.15) is 0 Å². The fraction of sp³-hybridized carbons (Fsp3) is 0.600. The molecule has 0 radical (unpaired) electrons. The summed E-state index contributed by atoms with van der Waals surface area (Å²) in [5, 5.41) is 14.2. The highest BCUT2D eigenvalue weighted by Crippen LogP contribution is 2.41. The molecule has 21 heavy (non-hydrogen) atoms. The van der Waals surface area contributed by atoms with Gasteiger partial charge in [0, 0.05) is 19.2 Å². The third-order valence-corrected chi connectivity index (χ3v) is 4.64. The number of ether oxygens (including phenoxy) is 2. The van der Waals surface area contributed by atoms with E-state index in [4.69, 9.17) is 9.47 Å². The predicted molar refractivity (Wildman–Crippen MR) is 77.8 cm³/mol. The number of nitrogens with zero attached hydrogens (tertiary/aromatic N) is 1. The van der Waals surface area contributed by atoms with Crippen LogP contribution in [-0.2, 0) is 0 Å². The zero-order valence-electron chi connectivity index (χ0n) is 12.1. The van der Waals surface area contributed by atoms with Crippen molar-refractivity contribution in [2.45, 2.75) is 31.8 Å². The van der Waals surface area contributed by atoms with Crippen molar-refractivity contribution in [2.75, 3.05) is 20.2 Å². The number of hydrogen-bond donors (Lipinski definition) is 1. The minimum atomic E-state index is -0.414. The van der Waals surface area contributed by atoms with Crippen LogP contribution in [0.2, 0.25) is 0 Å². The van der Waals surface area contributed by atoms with E-state index in [0.717, 1.165) is 38.8 Å². The third-order valence-electron chi connectivity index (χ3n) is 4.64. The molecule has 0 atom stereocenters. The summed E-state index contributed by atoms with van der Waals surface area (Å²) >= 11 is 0. The van der Waals surface area contributed by atoms with Crippen molar-refractivity contribution < 1.29 is 14.4 Å². The Kier molecular flexibility index (Phi) is 3.71. The van der Waals surface area contributed by atoms with Crippen LogP contribution in [0, 0.1) is 15.5 Å². The van der Waals surface area contributed by atoms with Crippen LogP contribution in [0.3, 0.4) is 0 Å². The molecule has 0 amide bonds. The van der Waals surface area contributed by atoms with Gasteiger partial charge in [0.15, 0.2) is 11.5 Å².